The molecule has 162 valence electrons. The molecule has 0 atom stereocenters. The van der Waals surface area contributed by atoms with Crippen molar-refractivity contribution in [3.05, 3.63) is 35.4 Å². The molecule has 6 nitrogen and oxygen atoms in total. The van der Waals surface area contributed by atoms with Gasteiger partial charge in [-0.25, -0.2) is 0 Å². The number of aliphatic imine (C=N–C) groups is 1. The van der Waals surface area contributed by atoms with E-state index in [4.69, 9.17) is 4.74 Å². The summed E-state index contributed by atoms with van der Waals surface area (Å²) in [6.07, 6.45) is 6.29. The number of nitrogens with zero attached hydrogens (tertiary/aromatic N) is 2. The Bertz CT molecular complexity index is 666. The summed E-state index contributed by atoms with van der Waals surface area (Å²) < 4.78 is 5.26. The van der Waals surface area contributed by atoms with Crippen LogP contribution in [-0.2, 0) is 22.6 Å². The number of methoxy groups -OCH3 is 1. The summed E-state index contributed by atoms with van der Waals surface area (Å²) in [6, 6.07) is 8.30. The number of benzene rings is 1. The zero-order valence-corrected chi connectivity index (χ0v) is 20.0. The number of fused-ring (bicyclic) bond motifs is 1. The normalized spacial score (nSPS) is 17.2. The summed E-state index contributed by atoms with van der Waals surface area (Å²) in [7, 11) is 3.56. The molecule has 0 bridgehead atoms. The maximum atomic E-state index is 12.5. The number of carbonyl (C=O) groups is 1. The lowest BCUT2D eigenvalue weighted by Crippen LogP contribution is -2.47. The highest BCUT2D eigenvalue weighted by Crippen LogP contribution is 2.43. The van der Waals surface area contributed by atoms with E-state index in [1.54, 1.807) is 14.2 Å². The highest BCUT2D eigenvalue weighted by Gasteiger charge is 2.36. The number of halogens is 1. The van der Waals surface area contributed by atoms with E-state index in [1.165, 1.54) is 30.4 Å². The van der Waals surface area contributed by atoms with E-state index in [9.17, 15) is 4.79 Å². The molecule has 1 aliphatic carbocycles. The van der Waals surface area contributed by atoms with Gasteiger partial charge in [-0.3, -0.25) is 9.79 Å². The Morgan fingerprint density at radius 3 is 2.45 bits per heavy atom. The number of carbonyl (C=O) groups excluding carboxylic acids is 1. The molecule has 0 saturated heterocycles. The second-order valence-corrected chi connectivity index (χ2v) is 8.07. The minimum Gasteiger partial charge on any atom is -0.385 e. The molecule has 1 fully saturated rings. The largest absolute Gasteiger partial charge is 0.385 e. The highest BCUT2D eigenvalue weighted by molar-refractivity contribution is 14.0. The second-order valence-electron chi connectivity index (χ2n) is 8.07. The van der Waals surface area contributed by atoms with Gasteiger partial charge in [0.05, 0.1) is 0 Å². The van der Waals surface area contributed by atoms with Crippen LogP contribution in [0.1, 0.15) is 49.7 Å². The third-order valence-electron chi connectivity index (χ3n) is 6.16. The molecular weight excluding hydrogens is 479 g/mol. The van der Waals surface area contributed by atoms with E-state index in [1.807, 2.05) is 17.0 Å². The van der Waals surface area contributed by atoms with Crippen LogP contribution in [0, 0.1) is 5.41 Å². The molecule has 1 amide bonds. The number of rotatable bonds is 9. The van der Waals surface area contributed by atoms with Crippen molar-refractivity contribution in [1.29, 1.82) is 0 Å². The number of amides is 1. The number of ether oxygens (including phenoxy) is 1. The molecule has 0 radical (unpaired) electrons. The van der Waals surface area contributed by atoms with Crippen LogP contribution < -0.4 is 10.6 Å². The third kappa shape index (κ3) is 6.57. The predicted octanol–water partition coefficient (Wildman–Crippen LogP) is 3.30. The number of hydrogen-bond donors (Lipinski definition) is 2. The van der Waals surface area contributed by atoms with Crippen LogP contribution in [0.15, 0.2) is 29.3 Å². The summed E-state index contributed by atoms with van der Waals surface area (Å²) in [6.45, 7) is 3.99. The average molecular weight is 514 g/mol. The molecule has 1 saturated carbocycles. The number of guanidine groups is 1. The van der Waals surface area contributed by atoms with Crippen LogP contribution in [0.25, 0.3) is 0 Å². The zero-order chi connectivity index (χ0) is 19.8. The van der Waals surface area contributed by atoms with E-state index in [-0.39, 0.29) is 29.9 Å². The monoisotopic (exact) mass is 514 g/mol. The Kier molecular flexibility index (Phi) is 9.68. The van der Waals surface area contributed by atoms with Crippen molar-refractivity contribution >= 4 is 35.8 Å². The van der Waals surface area contributed by atoms with Crippen LogP contribution in [0.4, 0.5) is 0 Å². The van der Waals surface area contributed by atoms with Crippen molar-refractivity contribution in [3.63, 3.8) is 0 Å². The summed E-state index contributed by atoms with van der Waals surface area (Å²) in [4.78, 5) is 18.7. The van der Waals surface area contributed by atoms with E-state index in [0.29, 0.717) is 11.8 Å². The topological polar surface area (TPSA) is 66.0 Å². The molecule has 1 heterocycles. The quantitative estimate of drug-likeness (QED) is 0.230. The predicted molar refractivity (Wildman–Crippen MR) is 127 cm³/mol. The Morgan fingerprint density at radius 2 is 1.90 bits per heavy atom. The van der Waals surface area contributed by atoms with Gasteiger partial charge in [0.1, 0.15) is 0 Å². The Hall–Kier alpha value is -1.35. The first-order chi connectivity index (χ1) is 13.7. The van der Waals surface area contributed by atoms with Crippen molar-refractivity contribution in [2.75, 3.05) is 33.9 Å². The van der Waals surface area contributed by atoms with Gasteiger partial charge in [0, 0.05) is 53.4 Å². The molecule has 2 N–H and O–H groups in total. The molecule has 0 unspecified atom stereocenters. The number of nitrogens with one attached hydrogen (secondary N) is 2. The Morgan fingerprint density at radius 1 is 1.21 bits per heavy atom. The van der Waals surface area contributed by atoms with Crippen molar-refractivity contribution < 1.29 is 9.53 Å². The van der Waals surface area contributed by atoms with Gasteiger partial charge in [0.25, 0.3) is 0 Å². The fourth-order valence-electron chi connectivity index (χ4n) is 4.12. The van der Waals surface area contributed by atoms with Gasteiger partial charge < -0.3 is 20.3 Å². The molecule has 0 aromatic heterocycles. The summed E-state index contributed by atoms with van der Waals surface area (Å²) in [5.41, 5.74) is 2.91. The molecule has 7 heteroatoms. The van der Waals surface area contributed by atoms with Crippen molar-refractivity contribution in [2.45, 2.75) is 51.6 Å². The van der Waals surface area contributed by atoms with Crippen molar-refractivity contribution in [2.24, 2.45) is 10.4 Å². The van der Waals surface area contributed by atoms with E-state index in [0.717, 1.165) is 51.6 Å². The van der Waals surface area contributed by atoms with E-state index in [2.05, 4.69) is 27.8 Å². The fraction of sp³-hybridized carbons (Fsp3) is 0.636. The maximum absolute atomic E-state index is 12.5. The SMILES string of the molecule is CN=C(NCCCC(=O)N1Cc2ccccc2C1)NCC1(CCOC)CCC1.I. The summed E-state index contributed by atoms with van der Waals surface area (Å²) in [5.74, 6) is 1.05. The lowest BCUT2D eigenvalue weighted by Gasteiger charge is -2.42. The van der Waals surface area contributed by atoms with Gasteiger partial charge in [-0.05, 0) is 42.2 Å². The van der Waals surface area contributed by atoms with Gasteiger partial charge in [-0.15, -0.1) is 24.0 Å². The minimum atomic E-state index is 0. The first-order valence-corrected chi connectivity index (χ1v) is 10.4. The van der Waals surface area contributed by atoms with Gasteiger partial charge in [-0.1, -0.05) is 30.7 Å². The van der Waals surface area contributed by atoms with Crippen LogP contribution in [0.5, 0.6) is 0 Å². The fourth-order valence-corrected chi connectivity index (χ4v) is 4.12. The van der Waals surface area contributed by atoms with E-state index < -0.39 is 0 Å². The lowest BCUT2D eigenvalue weighted by atomic mass is 9.67. The minimum absolute atomic E-state index is 0. The van der Waals surface area contributed by atoms with Crippen molar-refractivity contribution in [3.8, 4) is 0 Å². The molecular formula is C22H35IN4O2. The van der Waals surface area contributed by atoms with Gasteiger partial charge in [-0.2, -0.15) is 0 Å². The van der Waals surface area contributed by atoms with Crippen molar-refractivity contribution in [1.82, 2.24) is 15.5 Å². The first-order valence-electron chi connectivity index (χ1n) is 10.4. The number of hydrogen-bond acceptors (Lipinski definition) is 3. The average Bonchev–Trinajstić information content (AvgIpc) is 3.12. The molecule has 29 heavy (non-hydrogen) atoms. The lowest BCUT2D eigenvalue weighted by molar-refractivity contribution is -0.131. The summed E-state index contributed by atoms with van der Waals surface area (Å²) >= 11 is 0. The highest BCUT2D eigenvalue weighted by atomic mass is 127. The summed E-state index contributed by atoms with van der Waals surface area (Å²) in [5, 5.41) is 6.81. The maximum Gasteiger partial charge on any atom is 0.223 e. The third-order valence-corrected chi connectivity index (χ3v) is 6.16. The van der Waals surface area contributed by atoms with Gasteiger partial charge in [0.2, 0.25) is 5.91 Å². The second kappa shape index (κ2) is 11.7. The van der Waals surface area contributed by atoms with Crippen LogP contribution >= 0.6 is 24.0 Å². The van der Waals surface area contributed by atoms with Gasteiger partial charge >= 0.3 is 0 Å². The van der Waals surface area contributed by atoms with Crippen LogP contribution in [-0.4, -0.2) is 50.6 Å². The molecule has 2 aliphatic rings. The molecule has 1 aliphatic heterocycles. The zero-order valence-electron chi connectivity index (χ0n) is 17.7. The standard InChI is InChI=1S/C22H34N4O2.HI/c1-23-21(25-17-22(10-6-11-22)12-14-28-2)24-13-5-9-20(27)26-15-18-7-3-4-8-19(18)16-26;/h3-4,7-8H,5-6,9-17H2,1-2H3,(H2,23,24,25);1H. The molecule has 1 aromatic rings. The van der Waals surface area contributed by atoms with Crippen LogP contribution in [0.3, 0.4) is 0 Å². The van der Waals surface area contributed by atoms with Gasteiger partial charge in [0.15, 0.2) is 5.96 Å². The van der Waals surface area contributed by atoms with E-state index >= 15 is 0 Å². The smallest absolute Gasteiger partial charge is 0.223 e. The molecule has 3 rings (SSSR count). The Labute approximate surface area is 191 Å². The first kappa shape index (κ1) is 23.9. The molecule has 1 aromatic carbocycles. The van der Waals surface area contributed by atoms with Crippen LogP contribution in [0.2, 0.25) is 0 Å². The Balaban J connectivity index is 0.00000300. The molecule has 0 spiro atoms.